The summed E-state index contributed by atoms with van der Waals surface area (Å²) in [6, 6.07) is 7.77. The number of amides is 1. The number of aromatic nitrogens is 3. The first-order valence-corrected chi connectivity index (χ1v) is 12.4. The van der Waals surface area contributed by atoms with E-state index in [2.05, 4.69) is 25.6 Å². The highest BCUT2D eigenvalue weighted by Crippen LogP contribution is 2.14. The number of rotatable bonds is 17. The van der Waals surface area contributed by atoms with Crippen molar-refractivity contribution in [2.75, 3.05) is 37.4 Å². The second-order valence-corrected chi connectivity index (χ2v) is 8.18. The van der Waals surface area contributed by atoms with Crippen LogP contribution in [0, 0.1) is 0 Å². The quantitative estimate of drug-likeness (QED) is 0.234. The van der Waals surface area contributed by atoms with Gasteiger partial charge in [-0.3, -0.25) is 4.79 Å². The number of ether oxygens (including phenoxy) is 1. The Morgan fingerprint density at radius 2 is 1.70 bits per heavy atom. The summed E-state index contributed by atoms with van der Waals surface area (Å²) in [5.74, 6) is 1.58. The molecule has 0 unspecified atom stereocenters. The maximum atomic E-state index is 12.1. The van der Waals surface area contributed by atoms with E-state index in [-0.39, 0.29) is 5.91 Å². The lowest BCUT2D eigenvalue weighted by molar-refractivity contribution is 0.0954. The number of carbonyl (C=O) groups is 1. The summed E-state index contributed by atoms with van der Waals surface area (Å²) in [5, 5.41) is 6.15. The zero-order valence-corrected chi connectivity index (χ0v) is 20.4. The van der Waals surface area contributed by atoms with Gasteiger partial charge in [0, 0.05) is 31.0 Å². The second-order valence-electron chi connectivity index (χ2n) is 7.80. The van der Waals surface area contributed by atoms with Crippen LogP contribution >= 0.6 is 11.6 Å². The average molecular weight is 477 g/mol. The van der Waals surface area contributed by atoms with Gasteiger partial charge in [0.05, 0.1) is 6.61 Å². The van der Waals surface area contributed by atoms with E-state index in [0.29, 0.717) is 48.8 Å². The highest BCUT2D eigenvalue weighted by Gasteiger charge is 2.10. The van der Waals surface area contributed by atoms with Gasteiger partial charge in [-0.15, -0.1) is 11.6 Å². The molecule has 9 heteroatoms. The fourth-order valence-electron chi connectivity index (χ4n) is 3.25. The van der Waals surface area contributed by atoms with Crippen molar-refractivity contribution in [2.45, 2.75) is 58.3 Å². The molecule has 2 aromatic rings. The molecule has 0 aliphatic rings. The van der Waals surface area contributed by atoms with Crippen LogP contribution in [0.25, 0.3) is 0 Å². The SMILES string of the molecule is CCOc1nc(Cc2ccc(C(=O)NCCCCl)cc2)nc(NCCCCCCCCN)n1. The van der Waals surface area contributed by atoms with E-state index in [0.717, 1.165) is 37.9 Å². The average Bonchev–Trinajstić information content (AvgIpc) is 2.81. The van der Waals surface area contributed by atoms with E-state index in [1.54, 1.807) is 0 Å². The molecule has 0 aliphatic carbocycles. The Hall–Kier alpha value is -2.45. The maximum absolute atomic E-state index is 12.1. The lowest BCUT2D eigenvalue weighted by Crippen LogP contribution is -2.24. The molecule has 1 heterocycles. The molecule has 0 saturated heterocycles. The van der Waals surface area contributed by atoms with Crippen LogP contribution in [0.2, 0.25) is 0 Å². The van der Waals surface area contributed by atoms with Crippen molar-refractivity contribution < 1.29 is 9.53 Å². The number of alkyl halides is 1. The van der Waals surface area contributed by atoms with E-state index >= 15 is 0 Å². The molecule has 0 fully saturated rings. The third kappa shape index (κ3) is 10.8. The van der Waals surface area contributed by atoms with Gasteiger partial charge in [-0.1, -0.05) is 37.8 Å². The summed E-state index contributed by atoms with van der Waals surface area (Å²) in [4.78, 5) is 25.5. The van der Waals surface area contributed by atoms with Crippen molar-refractivity contribution in [3.05, 3.63) is 41.2 Å². The Kier molecular flexibility index (Phi) is 13.2. The Morgan fingerprint density at radius 3 is 2.39 bits per heavy atom. The van der Waals surface area contributed by atoms with Crippen LogP contribution in [-0.2, 0) is 6.42 Å². The molecule has 1 aromatic carbocycles. The van der Waals surface area contributed by atoms with Crippen LogP contribution in [0.5, 0.6) is 6.01 Å². The van der Waals surface area contributed by atoms with Crippen LogP contribution in [0.15, 0.2) is 24.3 Å². The largest absolute Gasteiger partial charge is 0.464 e. The fraction of sp³-hybridized carbons (Fsp3) is 0.583. The molecular weight excluding hydrogens is 440 g/mol. The zero-order valence-electron chi connectivity index (χ0n) is 19.6. The normalized spacial score (nSPS) is 10.8. The zero-order chi connectivity index (χ0) is 23.7. The van der Waals surface area contributed by atoms with E-state index in [9.17, 15) is 4.79 Å². The number of nitrogens with two attached hydrogens (primary N) is 1. The van der Waals surface area contributed by atoms with Gasteiger partial charge >= 0.3 is 6.01 Å². The number of anilines is 1. The number of hydrogen-bond acceptors (Lipinski definition) is 7. The highest BCUT2D eigenvalue weighted by atomic mass is 35.5. The Labute approximate surface area is 202 Å². The van der Waals surface area contributed by atoms with Crippen molar-refractivity contribution in [1.29, 1.82) is 0 Å². The number of nitrogens with one attached hydrogen (secondary N) is 2. The molecule has 4 N–H and O–H groups in total. The Bertz CT molecular complexity index is 819. The number of nitrogens with zero attached hydrogens (tertiary/aromatic N) is 3. The Morgan fingerprint density at radius 1 is 0.970 bits per heavy atom. The van der Waals surface area contributed by atoms with Crippen molar-refractivity contribution in [3.63, 3.8) is 0 Å². The first-order valence-electron chi connectivity index (χ1n) is 11.9. The summed E-state index contributed by atoms with van der Waals surface area (Å²) in [7, 11) is 0. The van der Waals surface area contributed by atoms with Crippen molar-refractivity contribution >= 4 is 23.5 Å². The molecule has 8 nitrogen and oxygen atoms in total. The number of hydrogen-bond donors (Lipinski definition) is 3. The Balaban J connectivity index is 1.90. The van der Waals surface area contributed by atoms with E-state index in [1.807, 2.05) is 31.2 Å². The lowest BCUT2D eigenvalue weighted by atomic mass is 10.1. The minimum absolute atomic E-state index is 0.101. The van der Waals surface area contributed by atoms with Gasteiger partial charge < -0.3 is 21.1 Å². The minimum atomic E-state index is -0.101. The predicted molar refractivity (Wildman–Crippen MR) is 133 cm³/mol. The van der Waals surface area contributed by atoms with Gasteiger partial charge in [0.25, 0.3) is 5.91 Å². The molecule has 0 atom stereocenters. The lowest BCUT2D eigenvalue weighted by Gasteiger charge is -2.10. The van der Waals surface area contributed by atoms with Crippen LogP contribution in [-0.4, -0.2) is 53.0 Å². The molecule has 0 bridgehead atoms. The second kappa shape index (κ2) is 16.2. The third-order valence-corrected chi connectivity index (χ3v) is 5.29. The van der Waals surface area contributed by atoms with Gasteiger partial charge in [0.15, 0.2) is 0 Å². The molecule has 1 aromatic heterocycles. The smallest absolute Gasteiger partial charge is 0.321 e. The number of benzene rings is 1. The van der Waals surface area contributed by atoms with Crippen molar-refractivity contribution in [3.8, 4) is 6.01 Å². The van der Waals surface area contributed by atoms with Crippen LogP contribution in [0.1, 0.15) is 73.6 Å². The monoisotopic (exact) mass is 476 g/mol. The van der Waals surface area contributed by atoms with E-state index in [1.165, 1.54) is 25.7 Å². The summed E-state index contributed by atoms with van der Waals surface area (Å²) >= 11 is 5.65. The highest BCUT2D eigenvalue weighted by molar-refractivity contribution is 6.17. The number of carbonyl (C=O) groups excluding carboxylic acids is 1. The first kappa shape index (κ1) is 26.8. The molecule has 0 aliphatic heterocycles. The summed E-state index contributed by atoms with van der Waals surface area (Å²) in [5.41, 5.74) is 7.15. The summed E-state index contributed by atoms with van der Waals surface area (Å²) in [6.45, 7) is 4.54. The van der Waals surface area contributed by atoms with E-state index in [4.69, 9.17) is 22.1 Å². The summed E-state index contributed by atoms with van der Waals surface area (Å²) < 4.78 is 5.53. The van der Waals surface area contributed by atoms with Crippen LogP contribution < -0.4 is 21.1 Å². The van der Waals surface area contributed by atoms with Crippen molar-refractivity contribution in [2.24, 2.45) is 5.73 Å². The first-order chi connectivity index (χ1) is 16.2. The maximum Gasteiger partial charge on any atom is 0.321 e. The number of unbranched alkanes of at least 4 members (excludes halogenated alkanes) is 5. The fourth-order valence-corrected chi connectivity index (χ4v) is 3.39. The molecule has 1 amide bonds. The minimum Gasteiger partial charge on any atom is -0.464 e. The standard InChI is InChI=1S/C24H37ClN6O2/c1-2-33-24-30-21(29-23(31-24)28-16-8-6-4-3-5-7-15-26)18-19-10-12-20(13-11-19)22(32)27-17-9-14-25/h10-13H,2-9,14-18,26H2,1H3,(H,27,32)(H,28,29,30,31). The van der Waals surface area contributed by atoms with Gasteiger partial charge in [-0.2, -0.15) is 15.0 Å². The number of halogens is 1. The topological polar surface area (TPSA) is 115 Å². The molecule has 33 heavy (non-hydrogen) atoms. The summed E-state index contributed by atoms with van der Waals surface area (Å²) in [6.07, 6.45) is 8.26. The van der Waals surface area contributed by atoms with Crippen molar-refractivity contribution in [1.82, 2.24) is 20.3 Å². The predicted octanol–water partition coefficient (Wildman–Crippen LogP) is 3.93. The molecule has 0 saturated carbocycles. The van der Waals surface area contributed by atoms with Gasteiger partial charge in [0.1, 0.15) is 5.82 Å². The van der Waals surface area contributed by atoms with Gasteiger partial charge in [-0.05, 0) is 50.4 Å². The van der Waals surface area contributed by atoms with Crippen LogP contribution in [0.4, 0.5) is 5.95 Å². The van der Waals surface area contributed by atoms with Crippen LogP contribution in [0.3, 0.4) is 0 Å². The van der Waals surface area contributed by atoms with Gasteiger partial charge in [0.2, 0.25) is 5.95 Å². The molecule has 0 radical (unpaired) electrons. The molecule has 0 spiro atoms. The van der Waals surface area contributed by atoms with E-state index < -0.39 is 0 Å². The third-order valence-electron chi connectivity index (χ3n) is 5.02. The van der Waals surface area contributed by atoms with Gasteiger partial charge in [-0.25, -0.2) is 0 Å². The molecule has 182 valence electrons. The molecular formula is C24H37ClN6O2. The molecule has 2 rings (SSSR count).